The van der Waals surface area contributed by atoms with Crippen molar-refractivity contribution in [3.05, 3.63) is 18.2 Å². The summed E-state index contributed by atoms with van der Waals surface area (Å²) in [7, 11) is 3.17. The van der Waals surface area contributed by atoms with E-state index in [-0.39, 0.29) is 11.2 Å². The van der Waals surface area contributed by atoms with Crippen molar-refractivity contribution < 1.29 is 14.3 Å². The zero-order valence-electron chi connectivity index (χ0n) is 13.7. The Morgan fingerprint density at radius 1 is 1.38 bits per heavy atom. The second-order valence-electron chi connectivity index (χ2n) is 5.45. The summed E-state index contributed by atoms with van der Waals surface area (Å²) in [6, 6.07) is 5.70. The first-order valence-corrected chi connectivity index (χ1v) is 8.48. The van der Waals surface area contributed by atoms with Gasteiger partial charge in [-0.05, 0) is 42.3 Å². The monoisotopic (exact) mass is 349 g/mol. The van der Waals surface area contributed by atoms with Gasteiger partial charge in [0.1, 0.15) is 17.2 Å². The molecule has 1 aliphatic carbocycles. The van der Waals surface area contributed by atoms with Crippen LogP contribution in [0.2, 0.25) is 0 Å². The van der Waals surface area contributed by atoms with E-state index in [0.717, 1.165) is 12.8 Å². The molecule has 0 bridgehead atoms. The number of tetrazole rings is 1. The van der Waals surface area contributed by atoms with Crippen LogP contribution in [0.15, 0.2) is 23.4 Å². The van der Waals surface area contributed by atoms with E-state index in [1.807, 2.05) is 6.92 Å². The molecule has 9 heteroatoms. The zero-order valence-corrected chi connectivity index (χ0v) is 14.5. The van der Waals surface area contributed by atoms with Gasteiger partial charge in [-0.3, -0.25) is 4.79 Å². The number of carbonyl (C=O) groups is 1. The third kappa shape index (κ3) is 3.61. The molecule has 1 heterocycles. The molecule has 1 aromatic heterocycles. The van der Waals surface area contributed by atoms with E-state index in [1.54, 1.807) is 37.1 Å². The van der Waals surface area contributed by atoms with Crippen LogP contribution in [-0.4, -0.2) is 51.6 Å². The maximum atomic E-state index is 12.1. The Hall–Kier alpha value is -2.29. The van der Waals surface area contributed by atoms with E-state index in [2.05, 4.69) is 20.8 Å². The van der Waals surface area contributed by atoms with Crippen molar-refractivity contribution in [3.63, 3.8) is 0 Å². The molecule has 128 valence electrons. The summed E-state index contributed by atoms with van der Waals surface area (Å²) in [5.74, 6) is 1.27. The van der Waals surface area contributed by atoms with E-state index in [9.17, 15) is 4.79 Å². The second kappa shape index (κ2) is 7.08. The molecule has 2 aromatic rings. The summed E-state index contributed by atoms with van der Waals surface area (Å²) in [5, 5.41) is 15.0. The number of nitrogens with one attached hydrogen (secondary N) is 1. The number of nitrogens with zero attached hydrogens (tertiary/aromatic N) is 4. The Bertz CT molecular complexity index is 732. The highest BCUT2D eigenvalue weighted by Gasteiger charge is 2.27. The molecule has 1 N–H and O–H groups in total. The Morgan fingerprint density at radius 2 is 2.17 bits per heavy atom. The van der Waals surface area contributed by atoms with Gasteiger partial charge in [0, 0.05) is 12.1 Å². The quantitative estimate of drug-likeness (QED) is 0.756. The highest BCUT2D eigenvalue weighted by atomic mass is 32.2. The smallest absolute Gasteiger partial charge is 0.233 e. The zero-order chi connectivity index (χ0) is 17.1. The van der Waals surface area contributed by atoms with Gasteiger partial charge in [-0.25, -0.2) is 0 Å². The van der Waals surface area contributed by atoms with Gasteiger partial charge < -0.3 is 14.8 Å². The minimum Gasteiger partial charge on any atom is -0.497 e. The molecule has 24 heavy (non-hydrogen) atoms. The number of benzene rings is 1. The standard InChI is InChI=1S/C15H19N5O3S/c1-9(14(21)16-10-4-5-10)24-15-17-18-19-20(15)12-8-11(22-2)6-7-13(12)23-3/h6-10H,4-5H2,1-3H3,(H,16,21). The number of ether oxygens (including phenoxy) is 2. The third-order valence-electron chi connectivity index (χ3n) is 3.63. The van der Waals surface area contributed by atoms with Crippen molar-refractivity contribution in [1.82, 2.24) is 25.5 Å². The van der Waals surface area contributed by atoms with E-state index >= 15 is 0 Å². The fraction of sp³-hybridized carbons (Fsp3) is 0.467. The number of methoxy groups -OCH3 is 2. The van der Waals surface area contributed by atoms with Crippen LogP contribution in [0.25, 0.3) is 5.69 Å². The van der Waals surface area contributed by atoms with Gasteiger partial charge in [-0.15, -0.1) is 5.10 Å². The minimum atomic E-state index is -0.299. The lowest BCUT2D eigenvalue weighted by atomic mass is 10.3. The average Bonchev–Trinajstić information content (AvgIpc) is 3.29. The third-order valence-corrected chi connectivity index (χ3v) is 4.66. The number of aromatic nitrogens is 4. The van der Waals surface area contributed by atoms with Crippen molar-refractivity contribution in [2.24, 2.45) is 0 Å². The molecule has 1 atom stereocenters. The highest BCUT2D eigenvalue weighted by Crippen LogP contribution is 2.31. The molecular weight excluding hydrogens is 330 g/mol. The molecule has 1 aliphatic rings. The minimum absolute atomic E-state index is 0.00495. The van der Waals surface area contributed by atoms with Crippen LogP contribution in [0.5, 0.6) is 11.5 Å². The van der Waals surface area contributed by atoms with Gasteiger partial charge in [0.05, 0.1) is 19.5 Å². The lowest BCUT2D eigenvalue weighted by Gasteiger charge is -2.13. The molecule has 0 aliphatic heterocycles. The van der Waals surface area contributed by atoms with Gasteiger partial charge in [-0.1, -0.05) is 11.8 Å². The van der Waals surface area contributed by atoms with Crippen LogP contribution in [0.1, 0.15) is 19.8 Å². The molecule has 8 nitrogen and oxygen atoms in total. The highest BCUT2D eigenvalue weighted by molar-refractivity contribution is 8.00. The van der Waals surface area contributed by atoms with Gasteiger partial charge >= 0.3 is 0 Å². The topological polar surface area (TPSA) is 91.2 Å². The van der Waals surface area contributed by atoms with Gasteiger partial charge in [0.25, 0.3) is 0 Å². The van der Waals surface area contributed by atoms with Crippen LogP contribution in [0.3, 0.4) is 0 Å². The molecule has 0 radical (unpaired) electrons. The summed E-state index contributed by atoms with van der Waals surface area (Å²) < 4.78 is 12.2. The first kappa shape index (κ1) is 16.6. The maximum Gasteiger partial charge on any atom is 0.233 e. The van der Waals surface area contributed by atoms with E-state index < -0.39 is 0 Å². The number of rotatable bonds is 7. The molecule has 1 unspecified atom stereocenters. The molecule has 1 fully saturated rings. The lowest BCUT2D eigenvalue weighted by molar-refractivity contribution is -0.120. The van der Waals surface area contributed by atoms with Gasteiger partial charge in [0.15, 0.2) is 0 Å². The summed E-state index contributed by atoms with van der Waals surface area (Å²) >= 11 is 1.30. The average molecular weight is 349 g/mol. The van der Waals surface area contributed by atoms with Crippen molar-refractivity contribution >= 4 is 17.7 Å². The molecule has 0 spiro atoms. The Morgan fingerprint density at radius 3 is 2.83 bits per heavy atom. The molecular formula is C15H19N5O3S. The van der Waals surface area contributed by atoms with Crippen molar-refractivity contribution in [3.8, 4) is 17.2 Å². The van der Waals surface area contributed by atoms with Crippen LogP contribution >= 0.6 is 11.8 Å². The SMILES string of the molecule is COc1ccc(OC)c(-n2nnnc2SC(C)C(=O)NC2CC2)c1. The predicted molar refractivity (Wildman–Crippen MR) is 88.7 cm³/mol. The van der Waals surface area contributed by atoms with Crippen LogP contribution in [0.4, 0.5) is 0 Å². The fourth-order valence-corrected chi connectivity index (χ4v) is 2.93. The first-order valence-electron chi connectivity index (χ1n) is 7.60. The number of hydrogen-bond acceptors (Lipinski definition) is 7. The second-order valence-corrected chi connectivity index (χ2v) is 6.76. The molecule has 0 saturated heterocycles. The normalized spacial score (nSPS) is 15.0. The van der Waals surface area contributed by atoms with Crippen LogP contribution < -0.4 is 14.8 Å². The van der Waals surface area contributed by atoms with E-state index in [4.69, 9.17) is 9.47 Å². The molecule has 1 saturated carbocycles. The predicted octanol–water partition coefficient (Wildman–Crippen LogP) is 1.44. The molecule has 1 amide bonds. The fourth-order valence-electron chi connectivity index (χ4n) is 2.12. The van der Waals surface area contributed by atoms with Gasteiger partial charge in [0.2, 0.25) is 11.1 Å². The van der Waals surface area contributed by atoms with Crippen molar-refractivity contribution in [1.29, 1.82) is 0 Å². The number of amides is 1. The summed E-state index contributed by atoms with van der Waals surface area (Å²) in [6.45, 7) is 1.84. The van der Waals surface area contributed by atoms with Crippen molar-refractivity contribution in [2.45, 2.75) is 36.2 Å². The lowest BCUT2D eigenvalue weighted by Crippen LogP contribution is -2.32. The first-order chi connectivity index (χ1) is 11.6. The number of thioether (sulfide) groups is 1. The summed E-state index contributed by atoms with van der Waals surface area (Å²) in [5.41, 5.74) is 0.652. The summed E-state index contributed by atoms with van der Waals surface area (Å²) in [6.07, 6.45) is 2.11. The van der Waals surface area contributed by atoms with Gasteiger partial charge in [-0.2, -0.15) is 4.68 Å². The number of hydrogen-bond donors (Lipinski definition) is 1. The maximum absolute atomic E-state index is 12.1. The van der Waals surface area contributed by atoms with E-state index in [0.29, 0.717) is 28.4 Å². The molecule has 3 rings (SSSR count). The Kier molecular flexibility index (Phi) is 4.89. The Labute approximate surface area is 143 Å². The Balaban J connectivity index is 1.83. The van der Waals surface area contributed by atoms with Crippen LogP contribution in [0, 0.1) is 0 Å². The summed E-state index contributed by atoms with van der Waals surface area (Å²) in [4.78, 5) is 12.1. The molecule has 1 aromatic carbocycles. The van der Waals surface area contributed by atoms with Crippen molar-refractivity contribution in [2.75, 3.05) is 14.2 Å². The largest absolute Gasteiger partial charge is 0.497 e. The van der Waals surface area contributed by atoms with E-state index in [1.165, 1.54) is 11.8 Å². The number of carbonyl (C=O) groups excluding carboxylic acids is 1. The van der Waals surface area contributed by atoms with Crippen LogP contribution in [-0.2, 0) is 4.79 Å².